The average Bonchev–Trinajstić information content (AvgIpc) is 2.81. The molecule has 0 amide bonds. The van der Waals surface area contributed by atoms with Crippen LogP contribution in [0.3, 0.4) is 0 Å². The number of likely N-dealkylation sites (tertiary alicyclic amines) is 1. The summed E-state index contributed by atoms with van der Waals surface area (Å²) in [6, 6.07) is 8.63. The molecule has 3 heteroatoms. The second-order valence-electron chi connectivity index (χ2n) is 6.12. The fourth-order valence-electron chi connectivity index (χ4n) is 3.29. The molecule has 3 rings (SSSR count). The predicted octanol–water partition coefficient (Wildman–Crippen LogP) is 3.68. The van der Waals surface area contributed by atoms with E-state index in [0.717, 1.165) is 12.2 Å². The molecule has 20 heavy (non-hydrogen) atoms. The van der Waals surface area contributed by atoms with Crippen molar-refractivity contribution in [2.45, 2.75) is 32.6 Å². The molecule has 0 aliphatic carbocycles. The fourth-order valence-corrected chi connectivity index (χ4v) is 3.29. The number of nitrogens with zero attached hydrogens (tertiary/aromatic N) is 3. The zero-order valence-electron chi connectivity index (χ0n) is 12.7. The predicted molar refractivity (Wildman–Crippen MR) is 86.0 cm³/mol. The Morgan fingerprint density at radius 3 is 2.50 bits per heavy atom. The highest BCUT2D eigenvalue weighted by Gasteiger charge is 2.23. The zero-order valence-corrected chi connectivity index (χ0v) is 12.7. The van der Waals surface area contributed by atoms with Gasteiger partial charge < -0.3 is 9.80 Å². The molecule has 2 fully saturated rings. The van der Waals surface area contributed by atoms with Crippen molar-refractivity contribution >= 4 is 17.2 Å². The summed E-state index contributed by atoms with van der Waals surface area (Å²) >= 11 is 0. The number of aliphatic imine (C=N–C) groups is 1. The fraction of sp³-hybridized carbons (Fsp3) is 0.588. The number of piperidine rings is 1. The van der Waals surface area contributed by atoms with Crippen LogP contribution < -0.4 is 4.90 Å². The Morgan fingerprint density at radius 2 is 1.80 bits per heavy atom. The minimum atomic E-state index is 0.578. The lowest BCUT2D eigenvalue weighted by molar-refractivity contribution is 0.547. The highest BCUT2D eigenvalue weighted by atomic mass is 15.2. The smallest absolute Gasteiger partial charge is 0.108 e. The zero-order chi connectivity index (χ0) is 13.9. The topological polar surface area (TPSA) is 18.8 Å². The van der Waals surface area contributed by atoms with Crippen molar-refractivity contribution in [3.63, 3.8) is 0 Å². The second kappa shape index (κ2) is 5.86. The third-order valence-electron chi connectivity index (χ3n) is 4.54. The van der Waals surface area contributed by atoms with Crippen LogP contribution in [0.2, 0.25) is 0 Å². The molecule has 0 saturated carbocycles. The van der Waals surface area contributed by atoms with E-state index in [-0.39, 0.29) is 0 Å². The number of rotatable bonds is 2. The Balaban J connectivity index is 1.91. The van der Waals surface area contributed by atoms with Gasteiger partial charge in [0.2, 0.25) is 0 Å². The lowest BCUT2D eigenvalue weighted by Crippen LogP contribution is -2.29. The Kier molecular flexibility index (Phi) is 3.95. The van der Waals surface area contributed by atoms with Gasteiger partial charge in [0.1, 0.15) is 5.84 Å². The third-order valence-corrected chi connectivity index (χ3v) is 4.54. The van der Waals surface area contributed by atoms with Crippen LogP contribution in [-0.4, -0.2) is 37.4 Å². The lowest BCUT2D eigenvalue weighted by Gasteiger charge is -2.30. The summed E-state index contributed by atoms with van der Waals surface area (Å²) in [6.45, 7) is 5.76. The van der Waals surface area contributed by atoms with Crippen molar-refractivity contribution in [3.05, 3.63) is 24.3 Å². The van der Waals surface area contributed by atoms with Crippen LogP contribution in [0, 0.1) is 5.92 Å². The molecule has 1 aromatic rings. The molecule has 0 N–H and O–H groups in total. The van der Waals surface area contributed by atoms with E-state index in [4.69, 9.17) is 4.99 Å². The maximum absolute atomic E-state index is 5.00. The van der Waals surface area contributed by atoms with Crippen LogP contribution in [0.4, 0.5) is 11.4 Å². The maximum Gasteiger partial charge on any atom is 0.108 e. The molecule has 3 nitrogen and oxygen atoms in total. The number of benzene rings is 1. The van der Waals surface area contributed by atoms with Crippen LogP contribution >= 0.6 is 0 Å². The van der Waals surface area contributed by atoms with E-state index >= 15 is 0 Å². The van der Waals surface area contributed by atoms with Gasteiger partial charge in [-0.05, 0) is 37.8 Å². The largest absolute Gasteiger partial charge is 0.370 e. The van der Waals surface area contributed by atoms with Gasteiger partial charge in [-0.2, -0.15) is 0 Å². The molecule has 1 atom stereocenters. The van der Waals surface area contributed by atoms with Crippen molar-refractivity contribution in [2.24, 2.45) is 10.9 Å². The monoisotopic (exact) mass is 271 g/mol. The summed E-state index contributed by atoms with van der Waals surface area (Å²) in [5, 5.41) is 0. The summed E-state index contributed by atoms with van der Waals surface area (Å²) in [4.78, 5) is 9.80. The number of hydrogen-bond donors (Lipinski definition) is 0. The van der Waals surface area contributed by atoms with Crippen molar-refractivity contribution in [3.8, 4) is 0 Å². The lowest BCUT2D eigenvalue weighted by atomic mass is 10.1. The van der Waals surface area contributed by atoms with Crippen LogP contribution in [0.5, 0.6) is 0 Å². The number of anilines is 1. The van der Waals surface area contributed by atoms with E-state index in [1.807, 2.05) is 0 Å². The molecule has 0 spiro atoms. The number of amidine groups is 1. The van der Waals surface area contributed by atoms with Crippen LogP contribution in [0.1, 0.15) is 32.6 Å². The molecule has 108 valence electrons. The Labute approximate surface area is 122 Å². The molecule has 2 aliphatic heterocycles. The Hall–Kier alpha value is -1.51. The molecular weight excluding hydrogens is 246 g/mol. The van der Waals surface area contributed by atoms with Gasteiger partial charge in [-0.25, -0.2) is 4.99 Å². The Morgan fingerprint density at radius 1 is 1.05 bits per heavy atom. The standard InChI is InChI=1S/C17H25N3/c1-14-10-13-19(2)17(14)18-15-8-4-5-9-16(15)20-11-6-3-7-12-20/h4-5,8-9,14H,3,6-7,10-13H2,1-2H3/b18-17+. The number of para-hydroxylation sites is 2. The van der Waals surface area contributed by atoms with Gasteiger partial charge in [-0.1, -0.05) is 19.1 Å². The molecule has 2 heterocycles. The van der Waals surface area contributed by atoms with E-state index in [0.29, 0.717) is 5.92 Å². The summed E-state index contributed by atoms with van der Waals surface area (Å²) in [7, 11) is 2.16. The van der Waals surface area contributed by atoms with Gasteiger partial charge in [-0.15, -0.1) is 0 Å². The van der Waals surface area contributed by atoms with Crippen molar-refractivity contribution in [1.82, 2.24) is 4.90 Å². The molecule has 2 saturated heterocycles. The van der Waals surface area contributed by atoms with Gasteiger partial charge in [0.15, 0.2) is 0 Å². The summed E-state index contributed by atoms with van der Waals surface area (Å²) in [6.07, 6.45) is 5.20. The SMILES string of the molecule is CC1CCN(C)/C1=N/c1ccccc1N1CCCCC1. The molecule has 1 aromatic carbocycles. The first-order chi connectivity index (χ1) is 9.75. The summed E-state index contributed by atoms with van der Waals surface area (Å²) < 4.78 is 0. The highest BCUT2D eigenvalue weighted by Crippen LogP contribution is 2.32. The van der Waals surface area contributed by atoms with E-state index in [1.165, 1.54) is 50.3 Å². The van der Waals surface area contributed by atoms with Gasteiger partial charge in [-0.3, -0.25) is 0 Å². The Bertz CT molecular complexity index is 477. The third kappa shape index (κ3) is 2.67. The van der Waals surface area contributed by atoms with E-state index in [1.54, 1.807) is 0 Å². The molecule has 0 bridgehead atoms. The molecule has 0 radical (unpaired) electrons. The summed E-state index contributed by atoms with van der Waals surface area (Å²) in [5.41, 5.74) is 2.46. The van der Waals surface area contributed by atoms with Crippen LogP contribution in [-0.2, 0) is 0 Å². The summed E-state index contributed by atoms with van der Waals surface area (Å²) in [5.74, 6) is 1.82. The maximum atomic E-state index is 5.00. The first-order valence-corrected chi connectivity index (χ1v) is 7.89. The molecule has 0 aromatic heterocycles. The van der Waals surface area contributed by atoms with E-state index in [2.05, 4.69) is 48.0 Å². The second-order valence-corrected chi connectivity index (χ2v) is 6.12. The van der Waals surface area contributed by atoms with Gasteiger partial charge in [0.05, 0.1) is 11.4 Å². The van der Waals surface area contributed by atoms with Crippen molar-refractivity contribution in [1.29, 1.82) is 0 Å². The van der Waals surface area contributed by atoms with E-state index in [9.17, 15) is 0 Å². The van der Waals surface area contributed by atoms with Crippen LogP contribution in [0.25, 0.3) is 0 Å². The van der Waals surface area contributed by atoms with Gasteiger partial charge >= 0.3 is 0 Å². The average molecular weight is 271 g/mol. The molecular formula is C17H25N3. The number of hydrogen-bond acceptors (Lipinski definition) is 2. The van der Waals surface area contributed by atoms with Crippen molar-refractivity contribution < 1.29 is 0 Å². The normalized spacial score (nSPS) is 25.5. The quantitative estimate of drug-likeness (QED) is 0.817. The van der Waals surface area contributed by atoms with Crippen molar-refractivity contribution in [2.75, 3.05) is 31.6 Å². The first-order valence-electron chi connectivity index (χ1n) is 7.89. The first kappa shape index (κ1) is 13.5. The molecule has 2 aliphatic rings. The highest BCUT2D eigenvalue weighted by molar-refractivity contribution is 5.90. The minimum absolute atomic E-state index is 0.578. The molecule has 1 unspecified atom stereocenters. The van der Waals surface area contributed by atoms with E-state index < -0.39 is 0 Å². The van der Waals surface area contributed by atoms with Gasteiger partial charge in [0.25, 0.3) is 0 Å². The van der Waals surface area contributed by atoms with Gasteiger partial charge in [0, 0.05) is 32.6 Å². The minimum Gasteiger partial charge on any atom is -0.370 e. The van der Waals surface area contributed by atoms with Crippen LogP contribution in [0.15, 0.2) is 29.3 Å².